The molecule has 0 aliphatic carbocycles. The van der Waals surface area contributed by atoms with E-state index < -0.39 is 5.97 Å². The third-order valence-corrected chi connectivity index (χ3v) is 4.33. The molecule has 0 saturated heterocycles. The van der Waals surface area contributed by atoms with Gasteiger partial charge in [0.15, 0.2) is 12.0 Å². The summed E-state index contributed by atoms with van der Waals surface area (Å²) < 4.78 is 21.1. The maximum absolute atomic E-state index is 12.2. The van der Waals surface area contributed by atoms with E-state index in [0.29, 0.717) is 40.1 Å². The highest BCUT2D eigenvalue weighted by molar-refractivity contribution is 6.08. The van der Waals surface area contributed by atoms with Crippen LogP contribution in [0.3, 0.4) is 0 Å². The Morgan fingerprint density at radius 3 is 2.11 bits per heavy atom. The number of nitrogens with zero attached hydrogens (tertiary/aromatic N) is 2. The number of aromatic nitrogens is 2. The Bertz CT molecular complexity index is 1080. The summed E-state index contributed by atoms with van der Waals surface area (Å²) in [5.41, 5.74) is 2.31. The van der Waals surface area contributed by atoms with Crippen LogP contribution in [0.15, 0.2) is 12.1 Å². The van der Waals surface area contributed by atoms with Crippen molar-refractivity contribution in [3.63, 3.8) is 0 Å². The number of carbonyl (C=O) groups is 2. The van der Waals surface area contributed by atoms with Gasteiger partial charge < -0.3 is 18.9 Å². The van der Waals surface area contributed by atoms with Crippen molar-refractivity contribution >= 4 is 34.3 Å². The van der Waals surface area contributed by atoms with E-state index in [1.54, 1.807) is 19.1 Å². The van der Waals surface area contributed by atoms with Crippen molar-refractivity contribution in [2.45, 2.75) is 6.92 Å². The van der Waals surface area contributed by atoms with Gasteiger partial charge in [-0.3, -0.25) is 4.79 Å². The van der Waals surface area contributed by atoms with Crippen molar-refractivity contribution in [2.75, 3.05) is 28.4 Å². The molecule has 8 nitrogen and oxygen atoms in total. The fraction of sp³-hybridized carbons (Fsp3) is 0.263. The second-order valence-corrected chi connectivity index (χ2v) is 5.65. The highest BCUT2D eigenvalue weighted by atomic mass is 16.5. The number of ether oxygens (including phenoxy) is 4. The standard InChI is InChI=1S/C19H18N2O6/c1-9-17(25-3)11(8-22)14-16(18(9)26-4)21-13-10(19(23)27-5)6-7-12(24-2)15(13)20-14/h6-8H,1-5H3. The fourth-order valence-corrected chi connectivity index (χ4v) is 3.11. The van der Waals surface area contributed by atoms with E-state index in [1.807, 2.05) is 0 Å². The van der Waals surface area contributed by atoms with Crippen molar-refractivity contribution in [1.29, 1.82) is 0 Å². The Morgan fingerprint density at radius 2 is 1.56 bits per heavy atom. The quantitative estimate of drug-likeness (QED) is 0.384. The summed E-state index contributed by atoms with van der Waals surface area (Å²) in [6.07, 6.45) is 0.657. The molecule has 2 aromatic carbocycles. The maximum atomic E-state index is 12.2. The largest absolute Gasteiger partial charge is 0.496 e. The minimum atomic E-state index is -0.559. The van der Waals surface area contributed by atoms with Gasteiger partial charge in [0.2, 0.25) is 0 Å². The highest BCUT2D eigenvalue weighted by Gasteiger charge is 2.24. The minimum absolute atomic E-state index is 0.228. The zero-order chi connectivity index (χ0) is 19.7. The van der Waals surface area contributed by atoms with E-state index in [2.05, 4.69) is 9.97 Å². The van der Waals surface area contributed by atoms with E-state index in [1.165, 1.54) is 28.4 Å². The van der Waals surface area contributed by atoms with Crippen LogP contribution in [0.5, 0.6) is 17.2 Å². The smallest absolute Gasteiger partial charge is 0.340 e. The van der Waals surface area contributed by atoms with E-state index >= 15 is 0 Å². The number of aldehydes is 1. The number of methoxy groups -OCH3 is 4. The third kappa shape index (κ3) is 2.69. The number of fused-ring (bicyclic) bond motifs is 2. The number of hydrogen-bond acceptors (Lipinski definition) is 8. The zero-order valence-corrected chi connectivity index (χ0v) is 15.6. The molecule has 0 fully saturated rings. The molecule has 0 aliphatic rings. The molecule has 1 heterocycles. The summed E-state index contributed by atoms with van der Waals surface area (Å²) in [7, 11) is 5.72. The van der Waals surface area contributed by atoms with Gasteiger partial charge >= 0.3 is 5.97 Å². The van der Waals surface area contributed by atoms with Crippen LogP contribution in [0.2, 0.25) is 0 Å². The van der Waals surface area contributed by atoms with Crippen molar-refractivity contribution in [1.82, 2.24) is 9.97 Å². The van der Waals surface area contributed by atoms with Crippen LogP contribution in [-0.4, -0.2) is 50.7 Å². The first kappa shape index (κ1) is 18.4. The lowest BCUT2D eigenvalue weighted by atomic mass is 10.0. The first-order valence-corrected chi connectivity index (χ1v) is 7.98. The molecule has 0 saturated carbocycles. The second-order valence-electron chi connectivity index (χ2n) is 5.65. The first-order valence-electron chi connectivity index (χ1n) is 7.98. The zero-order valence-electron chi connectivity index (χ0n) is 15.6. The lowest BCUT2D eigenvalue weighted by molar-refractivity contribution is 0.0602. The van der Waals surface area contributed by atoms with E-state index in [-0.39, 0.29) is 22.2 Å². The lowest BCUT2D eigenvalue weighted by Gasteiger charge is -2.16. The van der Waals surface area contributed by atoms with Gasteiger partial charge in [-0.1, -0.05) is 0 Å². The van der Waals surface area contributed by atoms with Gasteiger partial charge in [0.1, 0.15) is 33.6 Å². The molecule has 1 aromatic heterocycles. The summed E-state index contributed by atoms with van der Waals surface area (Å²) in [4.78, 5) is 33.1. The van der Waals surface area contributed by atoms with Crippen molar-refractivity contribution in [3.8, 4) is 17.2 Å². The summed E-state index contributed by atoms with van der Waals surface area (Å²) in [5.74, 6) is 0.602. The Balaban J connectivity index is 2.59. The van der Waals surface area contributed by atoms with Gasteiger partial charge in [-0.25, -0.2) is 14.8 Å². The second kappa shape index (κ2) is 7.06. The third-order valence-electron chi connectivity index (χ3n) is 4.33. The molecule has 8 heteroatoms. The van der Waals surface area contributed by atoms with Gasteiger partial charge in [-0.05, 0) is 19.1 Å². The molecule has 0 unspecified atom stereocenters. The predicted octanol–water partition coefficient (Wildman–Crippen LogP) is 2.72. The fourth-order valence-electron chi connectivity index (χ4n) is 3.11. The molecule has 0 aliphatic heterocycles. The molecule has 0 N–H and O–H groups in total. The van der Waals surface area contributed by atoms with Crippen molar-refractivity contribution < 1.29 is 28.5 Å². The molecule has 0 amide bonds. The number of benzene rings is 2. The molecule has 140 valence electrons. The molecule has 27 heavy (non-hydrogen) atoms. The molecule has 0 bridgehead atoms. The molecule has 0 atom stereocenters. The van der Waals surface area contributed by atoms with Crippen LogP contribution >= 0.6 is 0 Å². The number of carbonyl (C=O) groups excluding carboxylic acids is 2. The Labute approximate surface area is 155 Å². The number of esters is 1. The average Bonchev–Trinajstić information content (AvgIpc) is 2.70. The summed E-state index contributed by atoms with van der Waals surface area (Å²) in [6, 6.07) is 3.15. The van der Waals surface area contributed by atoms with Crippen molar-refractivity contribution in [2.24, 2.45) is 0 Å². The molecular weight excluding hydrogens is 352 g/mol. The van der Waals surface area contributed by atoms with E-state index in [0.717, 1.165) is 0 Å². The Hall–Kier alpha value is -3.42. The summed E-state index contributed by atoms with van der Waals surface area (Å²) in [6.45, 7) is 1.75. The van der Waals surface area contributed by atoms with Crippen LogP contribution in [0.1, 0.15) is 26.3 Å². The topological polar surface area (TPSA) is 96.8 Å². The van der Waals surface area contributed by atoms with Gasteiger partial charge in [0.05, 0.1) is 39.6 Å². The summed E-state index contributed by atoms with van der Waals surface area (Å²) in [5, 5.41) is 0. The van der Waals surface area contributed by atoms with E-state index in [9.17, 15) is 9.59 Å². The van der Waals surface area contributed by atoms with Crippen LogP contribution in [0, 0.1) is 6.92 Å². The van der Waals surface area contributed by atoms with Gasteiger partial charge in [-0.15, -0.1) is 0 Å². The lowest BCUT2D eigenvalue weighted by Crippen LogP contribution is -2.07. The van der Waals surface area contributed by atoms with Crippen LogP contribution in [0.4, 0.5) is 0 Å². The molecule has 3 aromatic rings. The highest BCUT2D eigenvalue weighted by Crippen LogP contribution is 2.40. The first-order chi connectivity index (χ1) is 13.0. The van der Waals surface area contributed by atoms with Crippen LogP contribution < -0.4 is 14.2 Å². The molecule has 0 spiro atoms. The van der Waals surface area contributed by atoms with Gasteiger partial charge in [-0.2, -0.15) is 0 Å². The number of rotatable bonds is 5. The molecule has 0 radical (unpaired) electrons. The SMILES string of the molecule is COC(=O)c1ccc(OC)c2nc3c(C=O)c(OC)c(C)c(OC)c3nc12. The van der Waals surface area contributed by atoms with Crippen LogP contribution in [0.25, 0.3) is 22.1 Å². The molecular formula is C19H18N2O6. The summed E-state index contributed by atoms with van der Waals surface area (Å²) >= 11 is 0. The maximum Gasteiger partial charge on any atom is 0.340 e. The Kier molecular flexibility index (Phi) is 4.81. The predicted molar refractivity (Wildman–Crippen MR) is 98.2 cm³/mol. The van der Waals surface area contributed by atoms with Crippen molar-refractivity contribution in [3.05, 3.63) is 28.8 Å². The monoisotopic (exact) mass is 370 g/mol. The average molecular weight is 370 g/mol. The van der Waals surface area contributed by atoms with E-state index in [4.69, 9.17) is 18.9 Å². The normalized spacial score (nSPS) is 10.7. The number of hydrogen-bond donors (Lipinski definition) is 0. The minimum Gasteiger partial charge on any atom is -0.496 e. The van der Waals surface area contributed by atoms with Gasteiger partial charge in [0, 0.05) is 5.56 Å². The Morgan fingerprint density at radius 1 is 0.889 bits per heavy atom. The molecule has 3 rings (SSSR count). The van der Waals surface area contributed by atoms with Crippen LogP contribution in [-0.2, 0) is 4.74 Å². The van der Waals surface area contributed by atoms with Gasteiger partial charge in [0.25, 0.3) is 0 Å².